The van der Waals surface area contributed by atoms with E-state index in [0.717, 1.165) is 16.7 Å². The van der Waals surface area contributed by atoms with E-state index in [0.29, 0.717) is 28.1 Å². The van der Waals surface area contributed by atoms with Crippen molar-refractivity contribution >= 4 is 29.5 Å². The third-order valence-corrected chi connectivity index (χ3v) is 8.08. The highest BCUT2D eigenvalue weighted by molar-refractivity contribution is 8.04. The van der Waals surface area contributed by atoms with Crippen molar-refractivity contribution in [2.75, 3.05) is 5.32 Å². The van der Waals surface area contributed by atoms with E-state index >= 15 is 0 Å². The first-order valence-corrected chi connectivity index (χ1v) is 13.3. The van der Waals surface area contributed by atoms with E-state index in [1.165, 1.54) is 11.1 Å². The summed E-state index contributed by atoms with van der Waals surface area (Å²) in [6, 6.07) is 26.4. The number of rotatable bonds is 7. The van der Waals surface area contributed by atoms with Crippen molar-refractivity contribution in [3.8, 4) is 22.8 Å². The van der Waals surface area contributed by atoms with Gasteiger partial charge in [0, 0.05) is 11.1 Å². The molecule has 3 N–H and O–H groups in total. The second kappa shape index (κ2) is 9.70. The first-order valence-electron chi connectivity index (χ1n) is 11.4. The highest BCUT2D eigenvalue weighted by Gasteiger charge is 2.27. The van der Waals surface area contributed by atoms with Crippen LogP contribution in [0.1, 0.15) is 33.4 Å². The molecular formula is C28H23N5S2. The molecule has 6 rings (SSSR count). The molecule has 0 bridgehead atoms. The van der Waals surface area contributed by atoms with Gasteiger partial charge in [0.25, 0.3) is 0 Å². The predicted molar refractivity (Wildman–Crippen MR) is 147 cm³/mol. The van der Waals surface area contributed by atoms with Gasteiger partial charge in [0.05, 0.1) is 10.5 Å². The van der Waals surface area contributed by atoms with Crippen LogP contribution in [0, 0.1) is 0 Å². The minimum absolute atomic E-state index is 0.310. The fraction of sp³-hybridized carbons (Fsp3) is 0.107. The summed E-state index contributed by atoms with van der Waals surface area (Å²) in [4.78, 5) is 14.3. The topological polar surface area (TPSA) is 76.7 Å². The normalized spacial score (nSPS) is 19.0. The van der Waals surface area contributed by atoms with E-state index in [1.807, 2.05) is 84.2 Å². The van der Waals surface area contributed by atoms with Gasteiger partial charge in [-0.1, -0.05) is 91.0 Å². The van der Waals surface area contributed by atoms with Gasteiger partial charge in [-0.15, -0.1) is 23.5 Å². The molecule has 0 amide bonds. The van der Waals surface area contributed by atoms with Gasteiger partial charge in [-0.05, 0) is 27.5 Å². The molecule has 2 aliphatic heterocycles. The maximum absolute atomic E-state index is 6.86. The lowest BCUT2D eigenvalue weighted by Crippen LogP contribution is -2.26. The van der Waals surface area contributed by atoms with E-state index in [9.17, 15) is 0 Å². The summed E-state index contributed by atoms with van der Waals surface area (Å²) in [7, 11) is 0. The summed E-state index contributed by atoms with van der Waals surface area (Å²) in [5, 5.41) is 8.29. The van der Waals surface area contributed by atoms with Crippen molar-refractivity contribution in [1.29, 1.82) is 0 Å². The molecule has 0 saturated carbocycles. The van der Waals surface area contributed by atoms with Crippen LogP contribution >= 0.6 is 23.5 Å². The van der Waals surface area contributed by atoms with Gasteiger partial charge in [-0.25, -0.2) is 4.98 Å². The average molecular weight is 494 g/mol. The molecule has 35 heavy (non-hydrogen) atoms. The Labute approximate surface area is 213 Å². The summed E-state index contributed by atoms with van der Waals surface area (Å²) < 4.78 is 0. The van der Waals surface area contributed by atoms with Crippen LogP contribution in [0.25, 0.3) is 22.8 Å². The van der Waals surface area contributed by atoms with E-state index in [4.69, 9.17) is 20.7 Å². The third kappa shape index (κ3) is 4.50. The van der Waals surface area contributed by atoms with Gasteiger partial charge in [0.2, 0.25) is 5.95 Å². The quantitative estimate of drug-likeness (QED) is 0.272. The Hall–Kier alpha value is -3.39. The van der Waals surface area contributed by atoms with Crippen molar-refractivity contribution in [2.24, 2.45) is 5.73 Å². The monoisotopic (exact) mass is 493 g/mol. The van der Waals surface area contributed by atoms with Gasteiger partial charge < -0.3 is 11.1 Å². The first kappa shape index (κ1) is 22.1. The van der Waals surface area contributed by atoms with Crippen LogP contribution in [0.3, 0.4) is 0 Å². The molecule has 3 heterocycles. The predicted octanol–water partition coefficient (Wildman–Crippen LogP) is 6.88. The molecule has 4 aromatic rings. The molecule has 3 aromatic carbocycles. The van der Waals surface area contributed by atoms with E-state index in [2.05, 4.69) is 46.5 Å². The Morgan fingerprint density at radius 1 is 0.657 bits per heavy atom. The van der Waals surface area contributed by atoms with Gasteiger partial charge in [0.1, 0.15) is 6.17 Å². The zero-order chi connectivity index (χ0) is 23.6. The minimum Gasteiger partial charge on any atom is -0.335 e. The SMILES string of the molecule is NC(Nc1nc(-c2ccccc2)nc(-c2ccccc2)n1)c1c(C2C=CS2)cccc1C1C=CS1. The molecule has 0 radical (unpaired) electrons. The molecule has 2 aliphatic rings. The molecule has 3 atom stereocenters. The maximum atomic E-state index is 6.86. The fourth-order valence-corrected chi connectivity index (χ4v) is 5.54. The van der Waals surface area contributed by atoms with Crippen molar-refractivity contribution in [3.63, 3.8) is 0 Å². The summed E-state index contributed by atoms with van der Waals surface area (Å²) in [5.41, 5.74) is 12.3. The number of aromatic nitrogens is 3. The summed E-state index contributed by atoms with van der Waals surface area (Å²) in [6.45, 7) is 0. The smallest absolute Gasteiger partial charge is 0.228 e. The number of nitrogens with zero attached hydrogens (tertiary/aromatic N) is 3. The van der Waals surface area contributed by atoms with Crippen molar-refractivity contribution in [3.05, 3.63) is 119 Å². The standard InChI is InChI=1S/C28H23N5S2/c29-25(24-20(22-14-16-34-22)12-7-13-21(24)23-15-17-35-23)30-28-32-26(18-8-3-1-4-9-18)31-27(33-28)19-10-5-2-6-11-19/h1-17,22-23,25H,29H2,(H,30,31,32,33). The van der Waals surface area contributed by atoms with Crippen LogP contribution in [-0.2, 0) is 0 Å². The lowest BCUT2D eigenvalue weighted by molar-refractivity contribution is 0.788. The molecule has 7 heteroatoms. The van der Waals surface area contributed by atoms with E-state index < -0.39 is 6.17 Å². The van der Waals surface area contributed by atoms with Crippen molar-refractivity contribution in [2.45, 2.75) is 16.7 Å². The Kier molecular flexibility index (Phi) is 6.12. The zero-order valence-electron chi connectivity index (χ0n) is 18.8. The molecular weight excluding hydrogens is 470 g/mol. The largest absolute Gasteiger partial charge is 0.335 e. The Balaban J connectivity index is 1.41. The summed E-state index contributed by atoms with van der Waals surface area (Å²) >= 11 is 3.62. The van der Waals surface area contributed by atoms with Crippen LogP contribution in [0.2, 0.25) is 0 Å². The molecule has 0 spiro atoms. The number of anilines is 1. The zero-order valence-corrected chi connectivity index (χ0v) is 20.4. The van der Waals surface area contributed by atoms with Gasteiger partial charge in [-0.3, -0.25) is 0 Å². The van der Waals surface area contributed by atoms with Crippen LogP contribution in [0.4, 0.5) is 5.95 Å². The van der Waals surface area contributed by atoms with Gasteiger partial charge in [0.15, 0.2) is 11.6 Å². The number of benzene rings is 3. The number of hydrogen-bond donors (Lipinski definition) is 2. The average Bonchev–Trinajstić information content (AvgIpc) is 2.83. The Morgan fingerprint density at radius 2 is 1.14 bits per heavy atom. The van der Waals surface area contributed by atoms with Crippen LogP contribution in [0.5, 0.6) is 0 Å². The fourth-order valence-electron chi connectivity index (χ4n) is 4.21. The maximum Gasteiger partial charge on any atom is 0.228 e. The molecule has 0 saturated heterocycles. The second-order valence-corrected chi connectivity index (χ2v) is 10.4. The molecule has 5 nitrogen and oxygen atoms in total. The van der Waals surface area contributed by atoms with Crippen LogP contribution < -0.4 is 11.1 Å². The van der Waals surface area contributed by atoms with E-state index in [1.54, 1.807) is 0 Å². The first-order chi connectivity index (χ1) is 17.3. The number of thioether (sulfide) groups is 2. The molecule has 3 unspecified atom stereocenters. The highest BCUT2D eigenvalue weighted by Crippen LogP contribution is 2.47. The Bertz CT molecular complexity index is 1310. The molecule has 0 aliphatic carbocycles. The Morgan fingerprint density at radius 3 is 1.57 bits per heavy atom. The molecule has 1 aromatic heterocycles. The number of hydrogen-bond acceptors (Lipinski definition) is 7. The van der Waals surface area contributed by atoms with Crippen LogP contribution in [-0.4, -0.2) is 15.0 Å². The van der Waals surface area contributed by atoms with Crippen LogP contribution in [0.15, 0.2) is 102 Å². The van der Waals surface area contributed by atoms with Gasteiger partial charge in [-0.2, -0.15) is 9.97 Å². The van der Waals surface area contributed by atoms with Crippen molar-refractivity contribution in [1.82, 2.24) is 15.0 Å². The molecule has 0 fully saturated rings. The lowest BCUT2D eigenvalue weighted by Gasteiger charge is -2.30. The minimum atomic E-state index is -0.472. The lowest BCUT2D eigenvalue weighted by atomic mass is 9.93. The number of nitrogens with one attached hydrogen (secondary N) is 1. The second-order valence-electron chi connectivity index (χ2n) is 8.28. The summed E-state index contributed by atoms with van der Waals surface area (Å²) in [6.07, 6.45) is 3.96. The van der Waals surface area contributed by atoms with E-state index in [-0.39, 0.29) is 0 Å². The highest BCUT2D eigenvalue weighted by atomic mass is 32.2. The summed E-state index contributed by atoms with van der Waals surface area (Å²) in [5.74, 6) is 1.68. The van der Waals surface area contributed by atoms with Crippen molar-refractivity contribution < 1.29 is 0 Å². The number of nitrogens with two attached hydrogens (primary N) is 1. The van der Waals surface area contributed by atoms with Gasteiger partial charge >= 0.3 is 0 Å². The third-order valence-electron chi connectivity index (χ3n) is 6.04. The molecule has 172 valence electrons.